The summed E-state index contributed by atoms with van der Waals surface area (Å²) in [5.41, 5.74) is 4.27. The van der Waals surface area contributed by atoms with Crippen molar-refractivity contribution < 1.29 is 9.53 Å². The van der Waals surface area contributed by atoms with Gasteiger partial charge in [-0.15, -0.1) is 0 Å². The first-order chi connectivity index (χ1) is 18.8. The van der Waals surface area contributed by atoms with Gasteiger partial charge in [0.05, 0.1) is 0 Å². The summed E-state index contributed by atoms with van der Waals surface area (Å²) in [6.07, 6.45) is 16.3. The van der Waals surface area contributed by atoms with E-state index in [2.05, 4.69) is 61.5 Å². The summed E-state index contributed by atoms with van der Waals surface area (Å²) >= 11 is 0. The molecule has 4 saturated carbocycles. The van der Waals surface area contributed by atoms with Crippen LogP contribution >= 0.6 is 0 Å². The van der Waals surface area contributed by atoms with E-state index >= 15 is 0 Å². The Hall–Kier alpha value is -1.83. The van der Waals surface area contributed by atoms with E-state index < -0.39 is 0 Å². The lowest BCUT2D eigenvalue weighted by Gasteiger charge is -2.70. The van der Waals surface area contributed by atoms with E-state index in [1.54, 1.807) is 6.08 Å². The van der Waals surface area contributed by atoms with Gasteiger partial charge in [-0.25, -0.2) is 4.79 Å². The molecule has 40 heavy (non-hydrogen) atoms. The molecule has 2 nitrogen and oxygen atoms in total. The Bertz CT molecular complexity index is 1210. The van der Waals surface area contributed by atoms with Gasteiger partial charge in [0.25, 0.3) is 0 Å². The van der Waals surface area contributed by atoms with E-state index in [0.29, 0.717) is 28.1 Å². The first-order valence-corrected chi connectivity index (χ1v) is 16.4. The topological polar surface area (TPSA) is 26.3 Å². The van der Waals surface area contributed by atoms with Crippen LogP contribution in [0.15, 0.2) is 48.1 Å². The Morgan fingerprint density at radius 3 is 2.35 bits per heavy atom. The third-order valence-corrected chi connectivity index (χ3v) is 14.4. The average molecular weight is 543 g/mol. The van der Waals surface area contributed by atoms with Gasteiger partial charge in [-0.1, -0.05) is 97.4 Å². The van der Waals surface area contributed by atoms with Gasteiger partial charge in [-0.05, 0) is 114 Å². The monoisotopic (exact) mass is 542 g/mol. The highest BCUT2D eigenvalue weighted by molar-refractivity contribution is 5.87. The number of benzene rings is 1. The molecule has 1 aromatic rings. The molecule has 0 spiro atoms. The molecular weight excluding hydrogens is 488 g/mol. The lowest BCUT2D eigenvalue weighted by molar-refractivity contribution is -0.209. The van der Waals surface area contributed by atoms with Crippen molar-refractivity contribution in [3.63, 3.8) is 0 Å². The zero-order chi connectivity index (χ0) is 28.7. The van der Waals surface area contributed by atoms with Crippen molar-refractivity contribution in [2.24, 2.45) is 56.7 Å². The van der Waals surface area contributed by atoms with Crippen LogP contribution in [0.4, 0.5) is 0 Å². The lowest BCUT2D eigenvalue weighted by Crippen LogP contribution is -2.64. The lowest BCUT2D eigenvalue weighted by atomic mass is 9.34. The van der Waals surface area contributed by atoms with Crippen molar-refractivity contribution in [2.45, 2.75) is 113 Å². The predicted molar refractivity (Wildman–Crippen MR) is 165 cm³/mol. The summed E-state index contributed by atoms with van der Waals surface area (Å²) < 4.78 is 6.23. The molecule has 0 N–H and O–H groups in total. The Balaban J connectivity index is 1.26. The van der Waals surface area contributed by atoms with Crippen molar-refractivity contribution in [2.75, 3.05) is 0 Å². The molecule has 6 rings (SSSR count). The van der Waals surface area contributed by atoms with Gasteiger partial charge >= 0.3 is 5.97 Å². The SMILES string of the molecule is C[C@@H]1C[C@]2(C)CC[C@]3(C)C(=CCC4[C@@]5(C)CC[C@H](OC(=O)/C=C/c6ccccc6)C(C)(C)C5CC[C@]43C)C2[C@H]1C. The highest BCUT2D eigenvalue weighted by Crippen LogP contribution is 2.76. The smallest absolute Gasteiger partial charge is 0.331 e. The summed E-state index contributed by atoms with van der Waals surface area (Å²) in [4.78, 5) is 12.9. The van der Waals surface area contributed by atoms with Gasteiger partial charge in [0.1, 0.15) is 6.10 Å². The maximum atomic E-state index is 12.9. The fraction of sp³-hybridized carbons (Fsp3) is 0.711. The first kappa shape index (κ1) is 28.3. The summed E-state index contributed by atoms with van der Waals surface area (Å²) in [5, 5.41) is 0. The minimum atomic E-state index is -0.200. The number of rotatable bonds is 3. The van der Waals surface area contributed by atoms with Gasteiger partial charge in [-0.2, -0.15) is 0 Å². The Morgan fingerprint density at radius 1 is 0.900 bits per heavy atom. The summed E-state index contributed by atoms with van der Waals surface area (Å²) in [6.45, 7) is 20.5. The molecule has 5 aliphatic rings. The zero-order valence-corrected chi connectivity index (χ0v) is 26.6. The molecular formula is C38H54O2. The third-order valence-electron chi connectivity index (χ3n) is 14.4. The quantitative estimate of drug-likeness (QED) is 0.216. The minimum Gasteiger partial charge on any atom is -0.459 e. The molecule has 3 unspecified atom stereocenters. The van der Waals surface area contributed by atoms with Crippen LogP contribution in [0.2, 0.25) is 0 Å². The van der Waals surface area contributed by atoms with E-state index in [9.17, 15) is 4.79 Å². The van der Waals surface area contributed by atoms with Crippen LogP contribution in [-0.4, -0.2) is 12.1 Å². The van der Waals surface area contributed by atoms with Crippen LogP contribution in [0.1, 0.15) is 112 Å². The number of allylic oxidation sites excluding steroid dienone is 2. The number of hydrogen-bond acceptors (Lipinski definition) is 2. The van der Waals surface area contributed by atoms with Gasteiger partial charge < -0.3 is 4.74 Å². The van der Waals surface area contributed by atoms with E-state index in [0.717, 1.165) is 36.2 Å². The van der Waals surface area contributed by atoms with E-state index in [1.807, 2.05) is 42.0 Å². The van der Waals surface area contributed by atoms with Gasteiger partial charge in [0, 0.05) is 11.5 Å². The molecule has 1 aromatic carbocycles. The van der Waals surface area contributed by atoms with E-state index in [4.69, 9.17) is 4.74 Å². The molecule has 5 aliphatic carbocycles. The maximum absolute atomic E-state index is 12.9. The first-order valence-electron chi connectivity index (χ1n) is 16.4. The van der Waals surface area contributed by atoms with Crippen molar-refractivity contribution in [1.82, 2.24) is 0 Å². The number of esters is 1. The molecule has 0 aliphatic heterocycles. The van der Waals surface area contributed by atoms with Crippen LogP contribution < -0.4 is 0 Å². The maximum Gasteiger partial charge on any atom is 0.331 e. The standard InChI is InChI=1S/C38H54O2/c1-25-24-35(5)22-23-37(7)28(33(35)26(25)2)15-16-30-36(6)20-19-31(34(3,4)29(36)18-21-38(30,37)8)40-32(39)17-14-27-12-10-9-11-13-27/h9-15,17,25-26,29-31,33H,16,18-24H2,1-8H3/b17-14+/t25-,26+,29?,30?,31+,33?,35+,36+,37-,38-/m1/s1. The second kappa shape index (κ2) is 9.34. The van der Waals surface area contributed by atoms with Crippen LogP contribution in [0, 0.1) is 56.7 Å². The molecule has 0 aromatic heterocycles. The third kappa shape index (κ3) is 3.90. The summed E-state index contributed by atoms with van der Waals surface area (Å²) in [7, 11) is 0. The molecule has 2 heteroatoms. The second-order valence-corrected chi connectivity index (χ2v) is 16.5. The van der Waals surface area contributed by atoms with Crippen LogP contribution in [0.25, 0.3) is 6.08 Å². The zero-order valence-electron chi connectivity index (χ0n) is 26.6. The molecule has 0 saturated heterocycles. The van der Waals surface area contributed by atoms with E-state index in [-0.39, 0.29) is 22.9 Å². The Kier molecular flexibility index (Phi) is 6.60. The summed E-state index contributed by atoms with van der Waals surface area (Å²) in [6, 6.07) is 10.0. The number of ether oxygens (including phenoxy) is 1. The Morgan fingerprint density at radius 2 is 1.62 bits per heavy atom. The minimum absolute atomic E-state index is 0.0238. The molecule has 0 radical (unpaired) electrons. The normalized spacial score (nSPS) is 47.5. The molecule has 0 bridgehead atoms. The van der Waals surface area contributed by atoms with Crippen LogP contribution in [-0.2, 0) is 9.53 Å². The van der Waals surface area contributed by atoms with Crippen molar-refractivity contribution in [1.29, 1.82) is 0 Å². The number of hydrogen-bond donors (Lipinski definition) is 0. The Labute approximate surface area is 244 Å². The predicted octanol–water partition coefficient (Wildman–Crippen LogP) is 9.90. The van der Waals surface area contributed by atoms with Crippen molar-refractivity contribution in [3.05, 3.63) is 53.6 Å². The van der Waals surface area contributed by atoms with E-state index in [1.165, 1.54) is 38.5 Å². The average Bonchev–Trinajstić information content (AvgIpc) is 3.13. The fourth-order valence-corrected chi connectivity index (χ4v) is 12.0. The van der Waals surface area contributed by atoms with Crippen LogP contribution in [0.5, 0.6) is 0 Å². The second-order valence-electron chi connectivity index (χ2n) is 16.5. The fourth-order valence-electron chi connectivity index (χ4n) is 12.0. The number of carbonyl (C=O) groups is 1. The van der Waals surface area contributed by atoms with Crippen molar-refractivity contribution in [3.8, 4) is 0 Å². The van der Waals surface area contributed by atoms with Crippen LogP contribution in [0.3, 0.4) is 0 Å². The molecule has 4 fully saturated rings. The number of carbonyl (C=O) groups excluding carboxylic acids is 1. The molecule has 10 atom stereocenters. The van der Waals surface area contributed by atoms with Gasteiger partial charge in [-0.3, -0.25) is 0 Å². The molecule has 0 amide bonds. The summed E-state index contributed by atoms with van der Waals surface area (Å²) in [5.74, 6) is 3.45. The molecule has 218 valence electrons. The van der Waals surface area contributed by atoms with Gasteiger partial charge in [0.2, 0.25) is 0 Å². The molecule has 0 heterocycles. The highest BCUT2D eigenvalue weighted by Gasteiger charge is 2.68. The largest absolute Gasteiger partial charge is 0.459 e. The van der Waals surface area contributed by atoms with Crippen molar-refractivity contribution >= 4 is 12.0 Å². The number of fused-ring (bicyclic) bond motifs is 7. The van der Waals surface area contributed by atoms with Gasteiger partial charge in [0.15, 0.2) is 0 Å². The highest BCUT2D eigenvalue weighted by atomic mass is 16.5.